The molecule has 1 aromatic rings. The van der Waals surface area contributed by atoms with Crippen LogP contribution in [0.15, 0.2) is 24.3 Å². The van der Waals surface area contributed by atoms with Gasteiger partial charge in [-0.2, -0.15) is 0 Å². The van der Waals surface area contributed by atoms with E-state index in [0.717, 1.165) is 4.90 Å². The number of aliphatic hydroxyl groups excluding tert-OH is 1. The predicted molar refractivity (Wildman–Crippen MR) is 123 cm³/mol. The van der Waals surface area contributed by atoms with Gasteiger partial charge in [0.2, 0.25) is 17.7 Å². The van der Waals surface area contributed by atoms with E-state index >= 15 is 0 Å². The highest BCUT2D eigenvalue weighted by molar-refractivity contribution is 5.94. The van der Waals surface area contributed by atoms with Gasteiger partial charge in [-0.15, -0.1) is 0 Å². The summed E-state index contributed by atoms with van der Waals surface area (Å²) in [4.78, 5) is 51.4. The number of aliphatic carboxylic acids is 1. The van der Waals surface area contributed by atoms with E-state index in [4.69, 9.17) is 5.73 Å². The molecule has 11 nitrogen and oxygen atoms in total. The molecule has 34 heavy (non-hydrogen) atoms. The second kappa shape index (κ2) is 11.8. The van der Waals surface area contributed by atoms with E-state index in [0.29, 0.717) is 12.0 Å². The zero-order valence-corrected chi connectivity index (χ0v) is 19.6. The molecule has 1 aromatic carbocycles. The minimum atomic E-state index is -1.40. The Morgan fingerprint density at radius 3 is 2.24 bits per heavy atom. The van der Waals surface area contributed by atoms with Crippen LogP contribution in [0.5, 0.6) is 5.75 Å². The Morgan fingerprint density at radius 2 is 1.71 bits per heavy atom. The fourth-order valence-corrected chi connectivity index (χ4v) is 3.76. The van der Waals surface area contributed by atoms with Gasteiger partial charge < -0.3 is 36.6 Å². The van der Waals surface area contributed by atoms with Crippen LogP contribution in [0.3, 0.4) is 0 Å². The van der Waals surface area contributed by atoms with E-state index in [-0.39, 0.29) is 31.1 Å². The Kier molecular flexibility index (Phi) is 9.39. The summed E-state index contributed by atoms with van der Waals surface area (Å²) in [6.07, 6.45) is -0.496. The average Bonchev–Trinajstić information content (AvgIpc) is 3.27. The van der Waals surface area contributed by atoms with Crippen LogP contribution < -0.4 is 16.4 Å². The molecular weight excluding hydrogens is 444 g/mol. The zero-order valence-electron chi connectivity index (χ0n) is 19.6. The molecule has 0 spiro atoms. The van der Waals surface area contributed by atoms with Gasteiger partial charge in [-0.25, -0.2) is 4.79 Å². The lowest BCUT2D eigenvalue weighted by Crippen LogP contribution is -2.60. The highest BCUT2D eigenvalue weighted by Crippen LogP contribution is 2.19. The van der Waals surface area contributed by atoms with Gasteiger partial charge in [-0.3, -0.25) is 14.4 Å². The van der Waals surface area contributed by atoms with Crippen LogP contribution in [0, 0.1) is 5.92 Å². The minimum Gasteiger partial charge on any atom is -0.508 e. The molecule has 2 rings (SSSR count). The third kappa shape index (κ3) is 6.91. The van der Waals surface area contributed by atoms with Crippen LogP contribution in [0.1, 0.15) is 39.2 Å². The number of phenols is 1. The average molecular weight is 479 g/mol. The number of phenolic OH excluding ortho intramolecular Hbond substituents is 1. The standard InChI is InChI=1S/C23H34N4O7/c1-12(2)18(24)21(31)25-16(11-14-6-8-15(29)9-7-14)20(30)26-19(13(3)28)22(32)27-10-4-5-17(27)23(33)34/h6-9,12-13,16-19,28-29H,4-5,10-11,24H2,1-3H3,(H,25,31)(H,26,30)(H,33,34). The summed E-state index contributed by atoms with van der Waals surface area (Å²) in [5, 5.41) is 34.2. The van der Waals surface area contributed by atoms with Gasteiger partial charge >= 0.3 is 5.97 Å². The molecule has 1 aliphatic rings. The number of carboxylic acid groups (broad SMARTS) is 1. The number of amides is 3. The van der Waals surface area contributed by atoms with E-state index in [9.17, 15) is 34.5 Å². The number of benzene rings is 1. The first-order chi connectivity index (χ1) is 15.9. The monoisotopic (exact) mass is 478 g/mol. The Morgan fingerprint density at radius 1 is 1.09 bits per heavy atom. The van der Waals surface area contributed by atoms with Crippen molar-refractivity contribution >= 4 is 23.7 Å². The smallest absolute Gasteiger partial charge is 0.326 e. The number of carboxylic acids is 1. The van der Waals surface area contributed by atoms with E-state index in [2.05, 4.69) is 10.6 Å². The number of likely N-dealkylation sites (tertiary alicyclic amines) is 1. The van der Waals surface area contributed by atoms with Gasteiger partial charge in [-0.05, 0) is 43.4 Å². The number of rotatable bonds is 10. The lowest BCUT2D eigenvalue weighted by atomic mass is 10.0. The first kappa shape index (κ1) is 27.1. The van der Waals surface area contributed by atoms with E-state index < -0.39 is 54.0 Å². The molecule has 3 amide bonds. The number of carbonyl (C=O) groups excluding carboxylic acids is 3. The third-order valence-electron chi connectivity index (χ3n) is 5.90. The largest absolute Gasteiger partial charge is 0.508 e. The molecule has 1 heterocycles. The summed E-state index contributed by atoms with van der Waals surface area (Å²) in [5.41, 5.74) is 6.54. The molecule has 0 bridgehead atoms. The Hall–Kier alpha value is -3.18. The van der Waals surface area contributed by atoms with E-state index in [1.54, 1.807) is 26.0 Å². The maximum Gasteiger partial charge on any atom is 0.326 e. The number of aromatic hydroxyl groups is 1. The van der Waals surface area contributed by atoms with E-state index in [1.807, 2.05) is 0 Å². The van der Waals surface area contributed by atoms with Crippen molar-refractivity contribution in [1.29, 1.82) is 0 Å². The minimum absolute atomic E-state index is 0.0326. The molecule has 5 atom stereocenters. The van der Waals surface area contributed by atoms with Gasteiger partial charge in [-0.1, -0.05) is 26.0 Å². The maximum absolute atomic E-state index is 13.2. The van der Waals surface area contributed by atoms with Gasteiger partial charge in [0.25, 0.3) is 0 Å². The molecule has 0 aliphatic carbocycles. The lowest BCUT2D eigenvalue weighted by molar-refractivity contribution is -0.150. The van der Waals surface area contributed by atoms with E-state index in [1.165, 1.54) is 19.1 Å². The molecule has 11 heteroatoms. The molecule has 5 unspecified atom stereocenters. The summed E-state index contributed by atoms with van der Waals surface area (Å²) in [5.74, 6) is -3.30. The lowest BCUT2D eigenvalue weighted by Gasteiger charge is -2.30. The predicted octanol–water partition coefficient (Wildman–Crippen LogP) is -0.656. The number of nitrogens with two attached hydrogens (primary N) is 1. The number of nitrogens with one attached hydrogen (secondary N) is 2. The molecule has 7 N–H and O–H groups in total. The van der Waals surface area contributed by atoms with Crippen molar-refractivity contribution in [3.8, 4) is 5.75 Å². The van der Waals surface area contributed by atoms with Crippen LogP contribution >= 0.6 is 0 Å². The molecule has 188 valence electrons. The molecular formula is C23H34N4O7. The first-order valence-electron chi connectivity index (χ1n) is 11.3. The van der Waals surface area contributed by atoms with Gasteiger partial charge in [0, 0.05) is 13.0 Å². The molecule has 1 aliphatic heterocycles. The number of carbonyl (C=O) groups is 4. The number of hydrogen-bond acceptors (Lipinski definition) is 7. The highest BCUT2D eigenvalue weighted by atomic mass is 16.4. The third-order valence-corrected chi connectivity index (χ3v) is 5.90. The van der Waals surface area contributed by atoms with Crippen molar-refractivity contribution in [1.82, 2.24) is 15.5 Å². The number of hydrogen-bond donors (Lipinski definition) is 6. The first-order valence-corrected chi connectivity index (χ1v) is 11.3. The van der Waals surface area contributed by atoms with Gasteiger partial charge in [0.15, 0.2) is 0 Å². The normalized spacial score (nSPS) is 19.2. The van der Waals surface area contributed by atoms with Crippen LogP contribution in [-0.4, -0.2) is 80.7 Å². The van der Waals surface area contributed by atoms with Crippen LogP contribution in [-0.2, 0) is 25.6 Å². The SMILES string of the molecule is CC(C)C(N)C(=O)NC(Cc1ccc(O)cc1)C(=O)NC(C(=O)N1CCCC1C(=O)O)C(C)O. The van der Waals surface area contributed by atoms with Crippen molar-refractivity contribution in [2.24, 2.45) is 11.7 Å². The fourth-order valence-electron chi connectivity index (χ4n) is 3.76. The summed E-state index contributed by atoms with van der Waals surface area (Å²) in [7, 11) is 0. The molecule has 0 saturated carbocycles. The van der Waals surface area contributed by atoms with Crippen molar-refractivity contribution in [3.63, 3.8) is 0 Å². The summed E-state index contributed by atoms with van der Waals surface area (Å²) < 4.78 is 0. The van der Waals surface area contributed by atoms with Crippen molar-refractivity contribution in [2.45, 2.75) is 70.3 Å². The van der Waals surface area contributed by atoms with Crippen LogP contribution in [0.2, 0.25) is 0 Å². The summed E-state index contributed by atoms with van der Waals surface area (Å²) >= 11 is 0. The second-order valence-corrected chi connectivity index (χ2v) is 8.96. The van der Waals surface area contributed by atoms with Crippen molar-refractivity contribution in [3.05, 3.63) is 29.8 Å². The Balaban J connectivity index is 2.24. The van der Waals surface area contributed by atoms with Crippen LogP contribution in [0.25, 0.3) is 0 Å². The molecule has 0 radical (unpaired) electrons. The zero-order chi connectivity index (χ0) is 25.6. The van der Waals surface area contributed by atoms with Crippen molar-refractivity contribution < 1.29 is 34.5 Å². The topological polar surface area (TPSA) is 182 Å². The number of nitrogens with zero attached hydrogens (tertiary/aromatic N) is 1. The van der Waals surface area contributed by atoms with Gasteiger partial charge in [0.1, 0.15) is 23.9 Å². The maximum atomic E-state index is 13.2. The molecule has 0 aromatic heterocycles. The summed E-state index contributed by atoms with van der Waals surface area (Å²) in [6, 6.07) is 1.62. The Bertz CT molecular complexity index is 888. The molecule has 1 fully saturated rings. The molecule has 1 saturated heterocycles. The Labute approximate surface area is 198 Å². The highest BCUT2D eigenvalue weighted by Gasteiger charge is 2.40. The fraction of sp³-hybridized carbons (Fsp3) is 0.565. The second-order valence-electron chi connectivity index (χ2n) is 8.96. The van der Waals surface area contributed by atoms with Crippen LogP contribution in [0.4, 0.5) is 0 Å². The summed E-state index contributed by atoms with van der Waals surface area (Å²) in [6.45, 7) is 5.04. The van der Waals surface area contributed by atoms with Crippen molar-refractivity contribution in [2.75, 3.05) is 6.54 Å². The number of aliphatic hydroxyl groups is 1. The quantitative estimate of drug-likeness (QED) is 0.256. The van der Waals surface area contributed by atoms with Gasteiger partial charge in [0.05, 0.1) is 12.1 Å².